The van der Waals surface area contributed by atoms with Gasteiger partial charge in [0.2, 0.25) is 0 Å². The number of amidine groups is 1. The number of amides is 1. The van der Waals surface area contributed by atoms with Crippen LogP contribution in [0.5, 0.6) is 0 Å². The molecule has 1 amide bonds. The molecule has 0 radical (unpaired) electrons. The van der Waals surface area contributed by atoms with Crippen molar-refractivity contribution in [1.82, 2.24) is 5.32 Å². The molecule has 0 unspecified atom stereocenters. The first-order valence-corrected chi connectivity index (χ1v) is 10.0. The number of halogens is 3. The van der Waals surface area contributed by atoms with Gasteiger partial charge < -0.3 is 9.73 Å². The average Bonchev–Trinajstić information content (AvgIpc) is 3.26. The van der Waals surface area contributed by atoms with Crippen LogP contribution < -0.4 is 5.32 Å². The van der Waals surface area contributed by atoms with E-state index >= 15 is 0 Å². The van der Waals surface area contributed by atoms with Crippen molar-refractivity contribution in [2.75, 3.05) is 0 Å². The van der Waals surface area contributed by atoms with Crippen molar-refractivity contribution in [3.63, 3.8) is 0 Å². The Bertz CT molecular complexity index is 1140. The van der Waals surface area contributed by atoms with Crippen molar-refractivity contribution < 1.29 is 9.21 Å². The summed E-state index contributed by atoms with van der Waals surface area (Å²) in [7, 11) is 0. The fraction of sp³-hybridized carbons (Fsp3) is 0. The zero-order valence-electron chi connectivity index (χ0n) is 14.1. The first-order valence-electron chi connectivity index (χ1n) is 8.08. The fourth-order valence-corrected chi connectivity index (χ4v) is 3.81. The van der Waals surface area contributed by atoms with E-state index in [4.69, 9.17) is 39.2 Å². The van der Waals surface area contributed by atoms with Gasteiger partial charge in [0.25, 0.3) is 5.91 Å². The number of nitrogens with one attached hydrogen (secondary N) is 1. The van der Waals surface area contributed by atoms with E-state index in [1.54, 1.807) is 36.4 Å². The van der Waals surface area contributed by atoms with Gasteiger partial charge in [0.05, 0.1) is 20.6 Å². The predicted octanol–water partition coefficient (Wildman–Crippen LogP) is 6.80. The minimum atomic E-state index is -0.246. The highest BCUT2D eigenvalue weighted by molar-refractivity contribution is 8.18. The van der Waals surface area contributed by atoms with Crippen molar-refractivity contribution in [3.8, 4) is 11.3 Å². The van der Waals surface area contributed by atoms with Crippen LogP contribution in [0.25, 0.3) is 17.4 Å². The minimum absolute atomic E-state index is 0.246. The molecule has 0 aliphatic carbocycles. The van der Waals surface area contributed by atoms with E-state index in [0.29, 0.717) is 42.3 Å². The largest absolute Gasteiger partial charge is 0.457 e. The van der Waals surface area contributed by atoms with Crippen LogP contribution in [0.1, 0.15) is 5.76 Å². The lowest BCUT2D eigenvalue weighted by atomic mass is 10.2. The van der Waals surface area contributed by atoms with Crippen LogP contribution in [0.15, 0.2) is 68.9 Å². The van der Waals surface area contributed by atoms with Crippen LogP contribution in [-0.4, -0.2) is 11.1 Å². The van der Waals surface area contributed by atoms with Gasteiger partial charge in [-0.05, 0) is 54.2 Å². The normalized spacial score (nSPS) is 16.8. The third-order valence-corrected chi connectivity index (χ3v) is 5.68. The predicted molar refractivity (Wildman–Crippen MR) is 116 cm³/mol. The zero-order valence-corrected chi connectivity index (χ0v) is 17.2. The second kappa shape index (κ2) is 8.05. The highest BCUT2D eigenvalue weighted by atomic mass is 35.5. The van der Waals surface area contributed by atoms with Crippen molar-refractivity contribution in [2.45, 2.75) is 0 Å². The average molecular weight is 450 g/mol. The molecule has 3 aromatic rings. The molecule has 4 nitrogen and oxygen atoms in total. The Morgan fingerprint density at radius 3 is 2.64 bits per heavy atom. The molecule has 1 saturated heterocycles. The van der Waals surface area contributed by atoms with Gasteiger partial charge in [-0.15, -0.1) is 0 Å². The van der Waals surface area contributed by atoms with Crippen molar-refractivity contribution in [2.24, 2.45) is 4.99 Å². The Morgan fingerprint density at radius 2 is 1.86 bits per heavy atom. The van der Waals surface area contributed by atoms with Crippen molar-refractivity contribution in [1.29, 1.82) is 0 Å². The first-order chi connectivity index (χ1) is 13.5. The number of aliphatic imine (C=N–C) groups is 1. The Kier molecular flexibility index (Phi) is 5.51. The second-order valence-corrected chi connectivity index (χ2v) is 8.07. The van der Waals surface area contributed by atoms with Gasteiger partial charge in [0.15, 0.2) is 5.17 Å². The van der Waals surface area contributed by atoms with E-state index < -0.39 is 0 Å². The summed E-state index contributed by atoms with van der Waals surface area (Å²) in [6.07, 6.45) is 1.67. The Hall–Kier alpha value is -2.18. The molecule has 0 spiro atoms. The van der Waals surface area contributed by atoms with Gasteiger partial charge >= 0.3 is 0 Å². The number of carbonyl (C=O) groups excluding carboxylic acids is 1. The third kappa shape index (κ3) is 4.28. The van der Waals surface area contributed by atoms with E-state index in [1.165, 1.54) is 11.8 Å². The third-order valence-electron chi connectivity index (χ3n) is 3.79. The lowest BCUT2D eigenvalue weighted by Crippen LogP contribution is -2.19. The zero-order chi connectivity index (χ0) is 19.7. The molecular formula is C20H11Cl3N2O2S. The number of rotatable bonds is 3. The monoisotopic (exact) mass is 448 g/mol. The molecule has 1 aromatic heterocycles. The van der Waals surface area contributed by atoms with Gasteiger partial charge in [0, 0.05) is 16.7 Å². The number of carbonyl (C=O) groups is 1. The summed E-state index contributed by atoms with van der Waals surface area (Å²) in [5.74, 6) is 0.982. The highest BCUT2D eigenvalue weighted by Crippen LogP contribution is 2.32. The summed E-state index contributed by atoms with van der Waals surface area (Å²) in [5.41, 5.74) is 1.46. The topological polar surface area (TPSA) is 54.6 Å². The maximum absolute atomic E-state index is 12.2. The highest BCUT2D eigenvalue weighted by Gasteiger charge is 2.24. The summed E-state index contributed by atoms with van der Waals surface area (Å²) in [4.78, 5) is 17.1. The molecule has 2 heterocycles. The van der Waals surface area contributed by atoms with E-state index in [2.05, 4.69) is 10.3 Å². The lowest BCUT2D eigenvalue weighted by molar-refractivity contribution is -0.115. The van der Waals surface area contributed by atoms with E-state index in [1.807, 2.05) is 24.3 Å². The van der Waals surface area contributed by atoms with Gasteiger partial charge in [0.1, 0.15) is 11.5 Å². The van der Waals surface area contributed by atoms with Crippen molar-refractivity contribution >= 4 is 69.4 Å². The molecule has 1 aliphatic heterocycles. The van der Waals surface area contributed by atoms with Crippen LogP contribution in [0.4, 0.5) is 5.69 Å². The number of hydrogen-bond donors (Lipinski definition) is 1. The van der Waals surface area contributed by atoms with E-state index in [9.17, 15) is 4.79 Å². The molecule has 1 fully saturated rings. The minimum Gasteiger partial charge on any atom is -0.457 e. The smallest absolute Gasteiger partial charge is 0.264 e. The molecule has 1 N–H and O–H groups in total. The Labute approximate surface area is 180 Å². The maximum atomic E-state index is 12.2. The van der Waals surface area contributed by atoms with Crippen LogP contribution >= 0.6 is 46.6 Å². The molecule has 1 aliphatic rings. The van der Waals surface area contributed by atoms with Gasteiger partial charge in [-0.2, -0.15) is 0 Å². The molecular weight excluding hydrogens is 439 g/mol. The molecule has 0 bridgehead atoms. The molecule has 2 aromatic carbocycles. The molecule has 8 heteroatoms. The summed E-state index contributed by atoms with van der Waals surface area (Å²) >= 11 is 19.1. The first kappa shape index (κ1) is 19.2. The van der Waals surface area contributed by atoms with Gasteiger partial charge in [-0.3, -0.25) is 4.79 Å². The number of nitrogens with zero attached hydrogens (tertiary/aromatic N) is 1. The molecule has 0 saturated carbocycles. The summed E-state index contributed by atoms with van der Waals surface area (Å²) in [6, 6.07) is 16.0. The Balaban J connectivity index is 1.55. The summed E-state index contributed by atoms with van der Waals surface area (Å²) in [6.45, 7) is 0. The standard InChI is InChI=1S/C20H11Cl3N2O2S/c21-12-3-1-2-11(8-12)17-7-5-14(27-17)10-18-19(26)25-20(28-18)24-13-4-6-15(22)16(23)9-13/h1-10H,(H,24,25,26). The van der Waals surface area contributed by atoms with Gasteiger partial charge in [-0.25, -0.2) is 4.99 Å². The SMILES string of the molecule is O=C1NC(=Nc2ccc(Cl)c(Cl)c2)SC1=Cc1ccc(-c2cccc(Cl)c2)o1. The summed E-state index contributed by atoms with van der Waals surface area (Å²) < 4.78 is 5.82. The molecule has 28 heavy (non-hydrogen) atoms. The van der Waals surface area contributed by atoms with Gasteiger partial charge in [-0.1, -0.05) is 46.9 Å². The molecule has 0 atom stereocenters. The fourth-order valence-electron chi connectivity index (χ4n) is 2.51. The van der Waals surface area contributed by atoms with Crippen LogP contribution in [0.2, 0.25) is 15.1 Å². The maximum Gasteiger partial charge on any atom is 0.264 e. The number of thioether (sulfide) groups is 1. The second-order valence-electron chi connectivity index (χ2n) is 5.79. The quantitative estimate of drug-likeness (QED) is 0.447. The molecule has 140 valence electrons. The van der Waals surface area contributed by atoms with Crippen molar-refractivity contribution in [3.05, 3.63) is 80.3 Å². The summed E-state index contributed by atoms with van der Waals surface area (Å²) in [5, 5.41) is 4.65. The van der Waals surface area contributed by atoms with Crippen LogP contribution in [-0.2, 0) is 4.79 Å². The number of furan rings is 1. The van der Waals surface area contributed by atoms with Crippen LogP contribution in [0, 0.1) is 0 Å². The lowest BCUT2D eigenvalue weighted by Gasteiger charge is -1.98. The van der Waals surface area contributed by atoms with E-state index in [0.717, 1.165) is 5.56 Å². The molecule has 4 rings (SSSR count). The van der Waals surface area contributed by atoms with E-state index in [-0.39, 0.29) is 5.91 Å². The Morgan fingerprint density at radius 1 is 1.00 bits per heavy atom. The number of benzene rings is 2. The van der Waals surface area contributed by atoms with Crippen LogP contribution in [0.3, 0.4) is 0 Å². The number of hydrogen-bond acceptors (Lipinski definition) is 4.